The fourth-order valence-corrected chi connectivity index (χ4v) is 3.41. The Morgan fingerprint density at radius 1 is 0.913 bits per heavy atom. The number of aryl methyl sites for hydroxylation is 2. The molecular weight excluding hydrogens is 304 g/mol. The third kappa shape index (κ3) is 2.51. The lowest BCUT2D eigenvalue weighted by molar-refractivity contribution is 0.521. The highest BCUT2D eigenvalue weighted by Gasteiger charge is 2.20. The number of furan rings is 1. The zero-order chi connectivity index (χ0) is 16.0. The fraction of sp³-hybridized carbons (Fsp3) is 0.143. The minimum Gasteiger partial charge on any atom is -0.462 e. The first-order chi connectivity index (χ1) is 11.1. The standard InChI is InChI=1S/C21H17ClO/c1-13-3-5-16-11-17(20-10-4-14(2)23-20)12-19(16)21(13)15-6-8-18(22)9-7-15/h3-10,12H,11H2,1-2H3. The molecule has 0 atom stereocenters. The van der Waals surface area contributed by atoms with Crippen LogP contribution in [0.25, 0.3) is 22.8 Å². The smallest absolute Gasteiger partial charge is 0.130 e. The summed E-state index contributed by atoms with van der Waals surface area (Å²) < 4.78 is 5.80. The predicted molar refractivity (Wildman–Crippen MR) is 96.6 cm³/mol. The summed E-state index contributed by atoms with van der Waals surface area (Å²) in [7, 11) is 0. The molecule has 4 rings (SSSR count). The number of halogens is 1. The minimum atomic E-state index is 0.765. The number of rotatable bonds is 2. The van der Waals surface area contributed by atoms with Gasteiger partial charge in [0.25, 0.3) is 0 Å². The van der Waals surface area contributed by atoms with Gasteiger partial charge in [-0.05, 0) is 77.6 Å². The van der Waals surface area contributed by atoms with E-state index in [-0.39, 0.29) is 0 Å². The Hall–Kier alpha value is -2.25. The molecule has 0 saturated heterocycles. The summed E-state index contributed by atoms with van der Waals surface area (Å²) >= 11 is 6.04. The zero-order valence-electron chi connectivity index (χ0n) is 13.2. The van der Waals surface area contributed by atoms with Crippen molar-refractivity contribution in [3.63, 3.8) is 0 Å². The van der Waals surface area contributed by atoms with Crippen LogP contribution in [0.4, 0.5) is 0 Å². The Morgan fingerprint density at radius 3 is 2.39 bits per heavy atom. The summed E-state index contributed by atoms with van der Waals surface area (Å²) in [5.74, 6) is 1.92. The lowest BCUT2D eigenvalue weighted by Gasteiger charge is -2.12. The van der Waals surface area contributed by atoms with Crippen LogP contribution in [0.1, 0.15) is 28.2 Å². The maximum atomic E-state index is 6.04. The molecule has 3 aromatic rings. The van der Waals surface area contributed by atoms with Gasteiger partial charge in [0.1, 0.15) is 11.5 Å². The molecule has 0 N–H and O–H groups in total. The largest absolute Gasteiger partial charge is 0.462 e. The topological polar surface area (TPSA) is 13.1 Å². The molecule has 114 valence electrons. The zero-order valence-corrected chi connectivity index (χ0v) is 13.9. The molecule has 1 aliphatic rings. The molecule has 1 aliphatic carbocycles. The van der Waals surface area contributed by atoms with E-state index in [0.29, 0.717) is 0 Å². The van der Waals surface area contributed by atoms with Gasteiger partial charge in [0, 0.05) is 11.4 Å². The number of benzene rings is 2. The number of fused-ring (bicyclic) bond motifs is 1. The predicted octanol–water partition coefficient (Wildman–Crippen LogP) is 6.31. The van der Waals surface area contributed by atoms with Gasteiger partial charge in [-0.1, -0.05) is 35.9 Å². The Kier molecular flexibility index (Phi) is 3.39. The first kappa shape index (κ1) is 14.3. The third-order valence-corrected chi connectivity index (χ3v) is 4.69. The van der Waals surface area contributed by atoms with E-state index < -0.39 is 0 Å². The highest BCUT2D eigenvalue weighted by molar-refractivity contribution is 6.30. The van der Waals surface area contributed by atoms with Gasteiger partial charge in [0.2, 0.25) is 0 Å². The van der Waals surface area contributed by atoms with Gasteiger partial charge in [-0.15, -0.1) is 0 Å². The number of hydrogen-bond acceptors (Lipinski definition) is 1. The fourth-order valence-electron chi connectivity index (χ4n) is 3.29. The molecule has 1 nitrogen and oxygen atoms in total. The highest BCUT2D eigenvalue weighted by Crippen LogP contribution is 2.39. The summed E-state index contributed by atoms with van der Waals surface area (Å²) in [5.41, 5.74) is 7.67. The molecule has 23 heavy (non-hydrogen) atoms. The second-order valence-corrected chi connectivity index (χ2v) is 6.53. The quantitative estimate of drug-likeness (QED) is 0.539. The molecule has 0 unspecified atom stereocenters. The van der Waals surface area contributed by atoms with Crippen LogP contribution in [-0.2, 0) is 6.42 Å². The van der Waals surface area contributed by atoms with E-state index in [2.05, 4.69) is 43.3 Å². The van der Waals surface area contributed by atoms with Gasteiger partial charge in [-0.2, -0.15) is 0 Å². The van der Waals surface area contributed by atoms with Crippen molar-refractivity contribution in [1.29, 1.82) is 0 Å². The van der Waals surface area contributed by atoms with Crippen molar-refractivity contribution in [2.24, 2.45) is 0 Å². The second kappa shape index (κ2) is 5.43. The normalized spacial score (nSPS) is 13.1. The lowest BCUT2D eigenvalue weighted by Crippen LogP contribution is -1.91. The first-order valence-electron chi connectivity index (χ1n) is 7.77. The van der Waals surface area contributed by atoms with Crippen LogP contribution in [0.2, 0.25) is 5.02 Å². The van der Waals surface area contributed by atoms with Crippen molar-refractivity contribution >= 4 is 23.3 Å². The Morgan fingerprint density at radius 2 is 1.70 bits per heavy atom. The maximum absolute atomic E-state index is 6.04. The van der Waals surface area contributed by atoms with E-state index >= 15 is 0 Å². The molecule has 0 aliphatic heterocycles. The Bertz CT molecular complexity index is 914. The number of allylic oxidation sites excluding steroid dienone is 1. The molecule has 1 aromatic heterocycles. The van der Waals surface area contributed by atoms with E-state index in [1.165, 1.54) is 33.4 Å². The molecule has 1 heterocycles. The van der Waals surface area contributed by atoms with E-state index in [4.69, 9.17) is 16.0 Å². The Balaban J connectivity index is 1.85. The molecule has 0 bridgehead atoms. The summed E-state index contributed by atoms with van der Waals surface area (Å²) in [5, 5.41) is 0.765. The summed E-state index contributed by atoms with van der Waals surface area (Å²) in [6, 6.07) is 16.6. The van der Waals surface area contributed by atoms with Crippen LogP contribution < -0.4 is 0 Å². The van der Waals surface area contributed by atoms with E-state index in [0.717, 1.165) is 23.0 Å². The first-order valence-corrected chi connectivity index (χ1v) is 8.15. The summed E-state index contributed by atoms with van der Waals surface area (Å²) in [4.78, 5) is 0. The van der Waals surface area contributed by atoms with E-state index in [1.807, 2.05) is 25.1 Å². The van der Waals surface area contributed by atoms with E-state index in [9.17, 15) is 0 Å². The van der Waals surface area contributed by atoms with Crippen LogP contribution in [0, 0.1) is 13.8 Å². The van der Waals surface area contributed by atoms with Crippen LogP contribution in [-0.4, -0.2) is 0 Å². The average molecular weight is 321 g/mol. The summed E-state index contributed by atoms with van der Waals surface area (Å²) in [6.45, 7) is 4.14. The van der Waals surface area contributed by atoms with E-state index in [1.54, 1.807) is 0 Å². The average Bonchev–Trinajstić information content (AvgIpc) is 3.14. The SMILES string of the molecule is Cc1ccc(C2=Cc3c(ccc(C)c3-c3ccc(Cl)cc3)C2)o1. The van der Waals surface area contributed by atoms with Crippen LogP contribution in [0.5, 0.6) is 0 Å². The van der Waals surface area contributed by atoms with Crippen molar-refractivity contribution in [3.05, 3.63) is 81.8 Å². The van der Waals surface area contributed by atoms with Crippen molar-refractivity contribution in [2.75, 3.05) is 0 Å². The third-order valence-electron chi connectivity index (χ3n) is 4.43. The molecule has 0 amide bonds. The van der Waals surface area contributed by atoms with Crippen LogP contribution >= 0.6 is 11.6 Å². The molecule has 0 radical (unpaired) electrons. The van der Waals surface area contributed by atoms with Gasteiger partial charge in [0.15, 0.2) is 0 Å². The molecule has 0 saturated carbocycles. The molecule has 0 spiro atoms. The molecular formula is C21H17ClO. The van der Waals surface area contributed by atoms with Crippen molar-refractivity contribution in [3.8, 4) is 11.1 Å². The van der Waals surface area contributed by atoms with Gasteiger partial charge >= 0.3 is 0 Å². The van der Waals surface area contributed by atoms with Crippen LogP contribution in [0.15, 0.2) is 52.9 Å². The van der Waals surface area contributed by atoms with Crippen molar-refractivity contribution in [2.45, 2.75) is 20.3 Å². The maximum Gasteiger partial charge on any atom is 0.130 e. The van der Waals surface area contributed by atoms with Gasteiger partial charge < -0.3 is 4.42 Å². The molecule has 2 aromatic carbocycles. The minimum absolute atomic E-state index is 0.765. The molecule has 0 fully saturated rings. The van der Waals surface area contributed by atoms with Gasteiger partial charge in [-0.3, -0.25) is 0 Å². The van der Waals surface area contributed by atoms with Gasteiger partial charge in [-0.25, -0.2) is 0 Å². The van der Waals surface area contributed by atoms with Crippen LogP contribution in [0.3, 0.4) is 0 Å². The van der Waals surface area contributed by atoms with Gasteiger partial charge in [0.05, 0.1) is 0 Å². The molecule has 2 heteroatoms. The van der Waals surface area contributed by atoms with Crippen molar-refractivity contribution in [1.82, 2.24) is 0 Å². The lowest BCUT2D eigenvalue weighted by atomic mass is 9.93. The van der Waals surface area contributed by atoms with Crippen molar-refractivity contribution < 1.29 is 4.42 Å². The monoisotopic (exact) mass is 320 g/mol. The number of hydrogen-bond donors (Lipinski definition) is 0. The second-order valence-electron chi connectivity index (χ2n) is 6.09. The highest BCUT2D eigenvalue weighted by atomic mass is 35.5. The summed E-state index contributed by atoms with van der Waals surface area (Å²) in [6.07, 6.45) is 3.19. The Labute approximate surface area is 141 Å².